The highest BCUT2D eigenvalue weighted by molar-refractivity contribution is 5.98. The summed E-state index contributed by atoms with van der Waals surface area (Å²) in [4.78, 5) is 48.7. The normalized spacial score (nSPS) is 11.3. The number of nitrogens with one attached hydrogen (secondary N) is 2. The number of nitrogens with zero attached hydrogens (tertiary/aromatic N) is 2. The topological polar surface area (TPSA) is 122 Å². The zero-order valence-electron chi connectivity index (χ0n) is 17.1. The summed E-state index contributed by atoms with van der Waals surface area (Å²) in [5, 5.41) is 16.0. The third-order valence-corrected chi connectivity index (χ3v) is 4.47. The van der Waals surface area contributed by atoms with E-state index >= 15 is 0 Å². The lowest BCUT2D eigenvalue weighted by Crippen LogP contribution is -2.49. The molecule has 2 rings (SSSR count). The number of benzene rings is 2. The Morgan fingerprint density at radius 3 is 2.45 bits per heavy atom. The molecule has 0 aliphatic rings. The number of carbonyl (C=O) groups excluding carboxylic acids is 3. The van der Waals surface area contributed by atoms with Gasteiger partial charge >= 0.3 is 0 Å². The Morgan fingerprint density at radius 1 is 1.16 bits per heavy atom. The number of hydrogen-bond donors (Lipinski definition) is 2. The molecule has 0 unspecified atom stereocenters. The molecule has 164 valence electrons. The van der Waals surface area contributed by atoms with Crippen LogP contribution < -0.4 is 10.6 Å². The third-order valence-electron chi connectivity index (χ3n) is 4.47. The van der Waals surface area contributed by atoms with Crippen LogP contribution in [0.4, 0.5) is 10.1 Å². The summed E-state index contributed by atoms with van der Waals surface area (Å²) in [6.07, 6.45) is 0. The predicted molar refractivity (Wildman–Crippen MR) is 111 cm³/mol. The van der Waals surface area contributed by atoms with Crippen molar-refractivity contribution < 1.29 is 23.7 Å². The van der Waals surface area contributed by atoms with E-state index in [1.807, 2.05) is 0 Å². The highest BCUT2D eigenvalue weighted by Crippen LogP contribution is 2.13. The van der Waals surface area contributed by atoms with Crippen molar-refractivity contribution in [2.45, 2.75) is 26.4 Å². The Balaban J connectivity index is 1.91. The first-order valence-corrected chi connectivity index (χ1v) is 9.56. The zero-order valence-corrected chi connectivity index (χ0v) is 17.1. The lowest BCUT2D eigenvalue weighted by molar-refractivity contribution is -0.384. The molecule has 0 heterocycles. The Morgan fingerprint density at radius 2 is 1.84 bits per heavy atom. The van der Waals surface area contributed by atoms with Gasteiger partial charge in [-0.25, -0.2) is 4.39 Å². The van der Waals surface area contributed by atoms with Gasteiger partial charge in [0.15, 0.2) is 0 Å². The highest BCUT2D eigenvalue weighted by atomic mass is 19.1. The van der Waals surface area contributed by atoms with Gasteiger partial charge in [0.25, 0.3) is 11.6 Å². The fourth-order valence-electron chi connectivity index (χ4n) is 2.75. The van der Waals surface area contributed by atoms with E-state index in [4.69, 9.17) is 0 Å². The summed E-state index contributed by atoms with van der Waals surface area (Å²) in [7, 11) is 0. The summed E-state index contributed by atoms with van der Waals surface area (Å²) in [5.74, 6) is -1.89. The summed E-state index contributed by atoms with van der Waals surface area (Å²) >= 11 is 0. The number of amides is 3. The van der Waals surface area contributed by atoms with Gasteiger partial charge in [0.05, 0.1) is 11.5 Å². The minimum atomic E-state index is -0.948. The van der Waals surface area contributed by atoms with Crippen molar-refractivity contribution >= 4 is 23.4 Å². The molecule has 0 radical (unpaired) electrons. The molecule has 9 nitrogen and oxygen atoms in total. The van der Waals surface area contributed by atoms with E-state index in [2.05, 4.69) is 10.6 Å². The molecule has 0 spiro atoms. The zero-order chi connectivity index (χ0) is 23.0. The number of halogens is 1. The first-order valence-electron chi connectivity index (χ1n) is 9.56. The van der Waals surface area contributed by atoms with Crippen LogP contribution in [0.1, 0.15) is 29.8 Å². The van der Waals surface area contributed by atoms with E-state index in [-0.39, 0.29) is 36.7 Å². The van der Waals surface area contributed by atoms with Crippen LogP contribution in [0.5, 0.6) is 0 Å². The number of nitro benzene ring substituents is 1. The van der Waals surface area contributed by atoms with E-state index in [0.717, 1.165) is 6.07 Å². The molecule has 0 fully saturated rings. The van der Waals surface area contributed by atoms with Gasteiger partial charge in [0, 0.05) is 30.8 Å². The van der Waals surface area contributed by atoms with Gasteiger partial charge < -0.3 is 15.5 Å². The van der Waals surface area contributed by atoms with Crippen LogP contribution in [0.25, 0.3) is 0 Å². The van der Waals surface area contributed by atoms with Crippen LogP contribution in [0, 0.1) is 15.9 Å². The van der Waals surface area contributed by atoms with Crippen molar-refractivity contribution in [1.29, 1.82) is 0 Å². The van der Waals surface area contributed by atoms with Gasteiger partial charge in [-0.1, -0.05) is 18.2 Å². The second kappa shape index (κ2) is 10.8. The van der Waals surface area contributed by atoms with Gasteiger partial charge in [-0.15, -0.1) is 0 Å². The molecule has 2 N–H and O–H groups in total. The van der Waals surface area contributed by atoms with Crippen molar-refractivity contribution in [3.63, 3.8) is 0 Å². The number of non-ortho nitro benzene ring substituents is 1. The van der Waals surface area contributed by atoms with Crippen LogP contribution in [0.2, 0.25) is 0 Å². The van der Waals surface area contributed by atoms with Gasteiger partial charge in [0.2, 0.25) is 11.8 Å². The molecule has 2 aromatic carbocycles. The molecule has 0 aliphatic heterocycles. The second-order valence-corrected chi connectivity index (χ2v) is 6.76. The molecule has 0 aromatic heterocycles. The molecule has 3 amide bonds. The lowest BCUT2D eigenvalue weighted by atomic mass is 10.1. The van der Waals surface area contributed by atoms with Crippen molar-refractivity contribution in [1.82, 2.24) is 15.5 Å². The Bertz CT molecular complexity index is 964. The van der Waals surface area contributed by atoms with E-state index in [1.165, 1.54) is 42.2 Å². The fraction of sp³-hybridized carbons (Fsp3) is 0.286. The molecule has 2 aromatic rings. The smallest absolute Gasteiger partial charge is 0.270 e. The number of likely N-dealkylation sites (N-methyl/N-ethyl adjacent to an activating group) is 1. The number of nitro groups is 1. The Labute approximate surface area is 178 Å². The van der Waals surface area contributed by atoms with Crippen molar-refractivity contribution in [2.75, 3.05) is 13.1 Å². The molecule has 0 saturated carbocycles. The molecular weight excluding hydrogens is 407 g/mol. The van der Waals surface area contributed by atoms with Gasteiger partial charge in [0.1, 0.15) is 11.9 Å². The minimum Gasteiger partial charge on any atom is -0.350 e. The monoisotopic (exact) mass is 430 g/mol. The average molecular weight is 430 g/mol. The molecule has 0 aliphatic carbocycles. The van der Waals surface area contributed by atoms with Crippen LogP contribution in [-0.4, -0.2) is 46.7 Å². The van der Waals surface area contributed by atoms with Gasteiger partial charge in [-0.2, -0.15) is 0 Å². The second-order valence-electron chi connectivity index (χ2n) is 6.76. The third kappa shape index (κ3) is 6.88. The van der Waals surface area contributed by atoms with Crippen LogP contribution in [0.15, 0.2) is 48.5 Å². The van der Waals surface area contributed by atoms with Crippen molar-refractivity contribution in [3.05, 3.63) is 75.6 Å². The van der Waals surface area contributed by atoms with Gasteiger partial charge in [-0.3, -0.25) is 24.5 Å². The molecule has 0 saturated heterocycles. The summed E-state index contributed by atoms with van der Waals surface area (Å²) in [6, 6.07) is 9.87. The molecule has 0 bridgehead atoms. The minimum absolute atomic E-state index is 0.0499. The highest BCUT2D eigenvalue weighted by Gasteiger charge is 2.23. The molecule has 10 heteroatoms. The summed E-state index contributed by atoms with van der Waals surface area (Å²) < 4.78 is 12.9. The van der Waals surface area contributed by atoms with Crippen LogP contribution >= 0.6 is 0 Å². The van der Waals surface area contributed by atoms with E-state index in [1.54, 1.807) is 19.1 Å². The standard InChI is InChI=1S/C21H23FN4O5/c1-3-25(13-19(27)23-12-15-7-9-17(22)10-8-15)21(29)14(2)24-20(28)16-5-4-6-18(11-16)26(30)31/h4-11,14H,3,12-13H2,1-2H3,(H,23,27)(H,24,28)/t14-/m0/s1. The summed E-state index contributed by atoms with van der Waals surface area (Å²) in [5.41, 5.74) is 0.523. The molecule has 1 atom stereocenters. The first-order chi connectivity index (χ1) is 14.7. The largest absolute Gasteiger partial charge is 0.350 e. The maximum absolute atomic E-state index is 12.9. The van der Waals surface area contributed by atoms with Crippen LogP contribution in [-0.2, 0) is 16.1 Å². The van der Waals surface area contributed by atoms with E-state index in [9.17, 15) is 28.9 Å². The maximum Gasteiger partial charge on any atom is 0.270 e. The summed E-state index contributed by atoms with van der Waals surface area (Å²) in [6.45, 7) is 3.37. The average Bonchev–Trinajstić information content (AvgIpc) is 2.76. The van der Waals surface area contributed by atoms with E-state index < -0.39 is 28.7 Å². The SMILES string of the molecule is CCN(CC(=O)NCc1ccc(F)cc1)C(=O)[C@H](C)NC(=O)c1cccc([N+](=O)[O-])c1. The quantitative estimate of drug-likeness (QED) is 0.466. The van der Waals surface area contributed by atoms with Gasteiger partial charge in [-0.05, 0) is 37.6 Å². The molecular formula is C21H23FN4O5. The van der Waals surface area contributed by atoms with Crippen molar-refractivity contribution in [2.24, 2.45) is 0 Å². The lowest BCUT2D eigenvalue weighted by Gasteiger charge is -2.24. The Hall–Kier alpha value is -3.82. The molecule has 31 heavy (non-hydrogen) atoms. The number of carbonyl (C=O) groups is 3. The number of hydrogen-bond acceptors (Lipinski definition) is 5. The Kier molecular flexibility index (Phi) is 8.18. The van der Waals surface area contributed by atoms with Crippen molar-refractivity contribution in [3.8, 4) is 0 Å². The number of rotatable bonds is 9. The fourth-order valence-corrected chi connectivity index (χ4v) is 2.75. The predicted octanol–water partition coefficient (Wildman–Crippen LogP) is 2.02. The maximum atomic E-state index is 12.9. The van der Waals surface area contributed by atoms with Crippen LogP contribution in [0.3, 0.4) is 0 Å². The van der Waals surface area contributed by atoms with E-state index in [0.29, 0.717) is 5.56 Å². The first kappa shape index (κ1) is 23.5.